The number of rotatable bonds is 7. The number of hydrogen-bond acceptors (Lipinski definition) is 3. The van der Waals surface area contributed by atoms with Crippen molar-refractivity contribution in [3.8, 4) is 5.75 Å². The van der Waals surface area contributed by atoms with Gasteiger partial charge in [-0.05, 0) is 37.5 Å². The van der Waals surface area contributed by atoms with E-state index in [0.717, 1.165) is 28.6 Å². The quantitative estimate of drug-likeness (QED) is 0.607. The van der Waals surface area contributed by atoms with Gasteiger partial charge in [0.1, 0.15) is 17.0 Å². The van der Waals surface area contributed by atoms with Crippen molar-refractivity contribution >= 4 is 22.7 Å². The third kappa shape index (κ3) is 3.85. The minimum atomic E-state index is -0.997. The second-order valence-corrected chi connectivity index (χ2v) is 9.08. The Hall–Kier alpha value is -3.28. The number of para-hydroxylation sites is 2. The number of fused-ring (bicyclic) bond motifs is 3. The van der Waals surface area contributed by atoms with Gasteiger partial charge in [-0.1, -0.05) is 50.2 Å². The van der Waals surface area contributed by atoms with Crippen molar-refractivity contribution < 1.29 is 14.3 Å². The number of nitrogens with one attached hydrogen (secondary N) is 1. The first-order valence-electron chi connectivity index (χ1n) is 11.2. The lowest BCUT2D eigenvalue weighted by Gasteiger charge is -2.44. The summed E-state index contributed by atoms with van der Waals surface area (Å²) in [6.45, 7) is 7.42. The second kappa shape index (κ2) is 8.69. The van der Waals surface area contributed by atoms with Gasteiger partial charge in [0.15, 0.2) is 0 Å². The summed E-state index contributed by atoms with van der Waals surface area (Å²) in [6.07, 6.45) is 0.835. The van der Waals surface area contributed by atoms with Gasteiger partial charge in [-0.3, -0.25) is 9.59 Å². The number of benzene rings is 2. The van der Waals surface area contributed by atoms with Crippen LogP contribution in [0.3, 0.4) is 0 Å². The van der Waals surface area contributed by atoms with Crippen molar-refractivity contribution in [3.63, 3.8) is 0 Å². The van der Waals surface area contributed by atoms with Crippen LogP contribution in [0.2, 0.25) is 0 Å². The summed E-state index contributed by atoms with van der Waals surface area (Å²) in [5, 5.41) is 4.08. The first-order valence-corrected chi connectivity index (χ1v) is 11.2. The molecule has 0 fully saturated rings. The van der Waals surface area contributed by atoms with Gasteiger partial charge in [-0.15, -0.1) is 0 Å². The Morgan fingerprint density at radius 3 is 2.62 bits per heavy atom. The van der Waals surface area contributed by atoms with Crippen LogP contribution in [0.25, 0.3) is 10.9 Å². The second-order valence-electron chi connectivity index (χ2n) is 9.08. The van der Waals surface area contributed by atoms with E-state index in [2.05, 4.69) is 19.2 Å². The van der Waals surface area contributed by atoms with Gasteiger partial charge in [-0.2, -0.15) is 0 Å². The third-order valence-electron chi connectivity index (χ3n) is 6.39. The summed E-state index contributed by atoms with van der Waals surface area (Å²) in [7, 11) is 1.62. The van der Waals surface area contributed by atoms with E-state index in [1.807, 2.05) is 66.1 Å². The van der Waals surface area contributed by atoms with Crippen LogP contribution in [0.1, 0.15) is 43.2 Å². The monoisotopic (exact) mass is 433 g/mol. The number of hydrogen-bond donors (Lipinski definition) is 1. The van der Waals surface area contributed by atoms with E-state index in [-0.39, 0.29) is 11.8 Å². The molecule has 0 saturated heterocycles. The Balaban J connectivity index is 1.67. The van der Waals surface area contributed by atoms with Crippen molar-refractivity contribution in [3.05, 3.63) is 65.9 Å². The first kappa shape index (κ1) is 21.9. The zero-order valence-corrected chi connectivity index (χ0v) is 19.2. The highest BCUT2D eigenvalue weighted by molar-refractivity contribution is 6.03. The highest BCUT2D eigenvalue weighted by atomic mass is 16.5. The molecule has 1 N–H and O–H groups in total. The first-order chi connectivity index (χ1) is 15.3. The molecule has 0 saturated carbocycles. The summed E-state index contributed by atoms with van der Waals surface area (Å²) >= 11 is 0. The summed E-state index contributed by atoms with van der Waals surface area (Å²) in [5.41, 5.74) is 1.52. The fourth-order valence-electron chi connectivity index (χ4n) is 4.46. The molecule has 0 bridgehead atoms. The molecule has 1 aromatic heterocycles. The van der Waals surface area contributed by atoms with Crippen molar-refractivity contribution in [2.75, 3.05) is 13.7 Å². The molecule has 2 heterocycles. The Morgan fingerprint density at radius 1 is 1.16 bits per heavy atom. The van der Waals surface area contributed by atoms with Crippen LogP contribution in [0, 0.1) is 5.92 Å². The Morgan fingerprint density at radius 2 is 1.88 bits per heavy atom. The normalized spacial score (nSPS) is 18.2. The van der Waals surface area contributed by atoms with Gasteiger partial charge in [0, 0.05) is 29.6 Å². The maximum atomic E-state index is 13.6. The molecular formula is C26H31N3O3. The van der Waals surface area contributed by atoms with Gasteiger partial charge in [0.25, 0.3) is 5.91 Å². The molecule has 1 aliphatic heterocycles. The molecule has 1 atom stereocenters. The number of carbonyl (C=O) groups excluding carboxylic acids is 2. The van der Waals surface area contributed by atoms with Crippen molar-refractivity contribution in [2.24, 2.45) is 5.92 Å². The number of ether oxygens (including phenoxy) is 1. The molecule has 1 unspecified atom stereocenters. The van der Waals surface area contributed by atoms with E-state index in [1.165, 1.54) is 0 Å². The number of aromatic nitrogens is 1. The van der Waals surface area contributed by atoms with Crippen LogP contribution in [0.4, 0.5) is 0 Å². The summed E-state index contributed by atoms with van der Waals surface area (Å²) < 4.78 is 7.41. The van der Waals surface area contributed by atoms with Crippen LogP contribution in [0.15, 0.2) is 54.6 Å². The summed E-state index contributed by atoms with van der Waals surface area (Å²) in [5.74, 6) is 0.900. The average molecular weight is 434 g/mol. The molecule has 2 aromatic carbocycles. The Bertz CT molecular complexity index is 1150. The standard InChI is InChI=1S/C26H31N3O3/c1-18(2)13-14-29-24(30)22-15-19-9-5-7-11-21(19)28(22)17-26(29,3)25(31)27-16-20-10-6-8-12-23(20)32-4/h5-12,15,18H,13-14,16-17H2,1-4H3,(H,27,31). The largest absolute Gasteiger partial charge is 0.496 e. The van der Waals surface area contributed by atoms with Gasteiger partial charge in [-0.25, -0.2) is 0 Å². The minimum Gasteiger partial charge on any atom is -0.496 e. The third-order valence-corrected chi connectivity index (χ3v) is 6.39. The molecule has 168 valence electrons. The molecule has 1 aliphatic rings. The zero-order chi connectivity index (χ0) is 22.9. The maximum absolute atomic E-state index is 13.6. The van der Waals surface area contributed by atoms with E-state index in [0.29, 0.717) is 31.2 Å². The summed E-state index contributed by atoms with van der Waals surface area (Å²) in [4.78, 5) is 29.0. The predicted octanol–water partition coefficient (Wildman–Crippen LogP) is 4.23. The number of nitrogens with zero attached hydrogens (tertiary/aromatic N) is 2. The summed E-state index contributed by atoms with van der Waals surface area (Å²) in [6, 6.07) is 17.5. The minimum absolute atomic E-state index is 0.0944. The SMILES string of the molecule is COc1ccccc1CNC(=O)C1(C)Cn2c(cc3ccccc32)C(=O)N1CCC(C)C. The molecule has 6 nitrogen and oxygen atoms in total. The molecule has 0 radical (unpaired) electrons. The highest BCUT2D eigenvalue weighted by Crippen LogP contribution is 2.33. The van der Waals surface area contributed by atoms with Crippen molar-refractivity contribution in [1.29, 1.82) is 0 Å². The van der Waals surface area contributed by atoms with Crippen LogP contribution in [-0.2, 0) is 17.9 Å². The van der Waals surface area contributed by atoms with Gasteiger partial charge in [0.2, 0.25) is 5.91 Å². The van der Waals surface area contributed by atoms with E-state index < -0.39 is 5.54 Å². The zero-order valence-electron chi connectivity index (χ0n) is 19.2. The maximum Gasteiger partial charge on any atom is 0.271 e. The van der Waals surface area contributed by atoms with E-state index in [1.54, 1.807) is 12.0 Å². The van der Waals surface area contributed by atoms with Crippen LogP contribution in [-0.4, -0.2) is 40.5 Å². The number of methoxy groups -OCH3 is 1. The lowest BCUT2D eigenvalue weighted by atomic mass is 9.93. The van der Waals surface area contributed by atoms with E-state index in [9.17, 15) is 9.59 Å². The van der Waals surface area contributed by atoms with E-state index in [4.69, 9.17) is 4.74 Å². The van der Waals surface area contributed by atoms with Crippen molar-refractivity contribution in [2.45, 2.75) is 45.8 Å². The van der Waals surface area contributed by atoms with E-state index >= 15 is 0 Å². The topological polar surface area (TPSA) is 63.6 Å². The predicted molar refractivity (Wildman–Crippen MR) is 126 cm³/mol. The van der Waals surface area contributed by atoms with Gasteiger partial charge < -0.3 is 19.5 Å². The molecule has 0 spiro atoms. The molecular weight excluding hydrogens is 402 g/mol. The molecule has 6 heteroatoms. The Kier molecular flexibility index (Phi) is 5.96. The van der Waals surface area contributed by atoms with Gasteiger partial charge >= 0.3 is 0 Å². The molecule has 4 rings (SSSR count). The molecule has 0 aliphatic carbocycles. The van der Waals surface area contributed by atoms with Crippen LogP contribution in [0.5, 0.6) is 5.75 Å². The van der Waals surface area contributed by atoms with Crippen LogP contribution < -0.4 is 10.1 Å². The molecule has 2 amide bonds. The fraction of sp³-hybridized carbons (Fsp3) is 0.385. The smallest absolute Gasteiger partial charge is 0.271 e. The Labute approximate surface area is 189 Å². The lowest BCUT2D eigenvalue weighted by molar-refractivity contribution is -0.133. The van der Waals surface area contributed by atoms with Gasteiger partial charge in [0.05, 0.1) is 13.7 Å². The average Bonchev–Trinajstić information content (AvgIpc) is 3.15. The fourth-order valence-corrected chi connectivity index (χ4v) is 4.46. The van der Waals surface area contributed by atoms with Crippen molar-refractivity contribution in [1.82, 2.24) is 14.8 Å². The molecule has 3 aromatic rings. The van der Waals surface area contributed by atoms with Crippen LogP contribution >= 0.6 is 0 Å². The number of carbonyl (C=O) groups is 2. The lowest BCUT2D eigenvalue weighted by Crippen LogP contribution is -2.64. The molecule has 32 heavy (non-hydrogen) atoms. The number of amides is 2. The highest BCUT2D eigenvalue weighted by Gasteiger charge is 2.47.